The van der Waals surface area contributed by atoms with Crippen LogP contribution in [0, 0.1) is 5.82 Å². The fourth-order valence-corrected chi connectivity index (χ4v) is 3.87. The molecule has 3 aromatic rings. The van der Waals surface area contributed by atoms with E-state index in [0.717, 1.165) is 0 Å². The van der Waals surface area contributed by atoms with Crippen molar-refractivity contribution in [1.82, 2.24) is 4.98 Å². The van der Waals surface area contributed by atoms with Crippen molar-refractivity contribution in [2.75, 3.05) is 15.4 Å². The SMILES string of the molecule is O=C1Cc2cc(S(=O)(=O)Nc3ccc(Nc4ccccc4F)cn3)ccc2N1. The van der Waals surface area contributed by atoms with Crippen LogP contribution in [0.5, 0.6) is 0 Å². The predicted octanol–water partition coefficient (Wildman–Crippen LogP) is 3.26. The lowest BCUT2D eigenvalue weighted by molar-refractivity contribution is -0.115. The Balaban J connectivity index is 1.50. The van der Waals surface area contributed by atoms with Crippen LogP contribution in [0.1, 0.15) is 5.56 Å². The van der Waals surface area contributed by atoms with Gasteiger partial charge in [-0.1, -0.05) is 12.1 Å². The van der Waals surface area contributed by atoms with E-state index in [0.29, 0.717) is 22.6 Å². The molecule has 7 nitrogen and oxygen atoms in total. The molecule has 1 aliphatic rings. The maximum absolute atomic E-state index is 13.7. The number of nitrogens with one attached hydrogen (secondary N) is 3. The molecule has 3 N–H and O–H groups in total. The highest BCUT2D eigenvalue weighted by atomic mass is 32.2. The Morgan fingerprint density at radius 1 is 1.07 bits per heavy atom. The number of halogens is 1. The molecule has 0 saturated heterocycles. The summed E-state index contributed by atoms with van der Waals surface area (Å²) in [4.78, 5) is 15.5. The highest BCUT2D eigenvalue weighted by Gasteiger charge is 2.22. The molecule has 0 radical (unpaired) electrons. The third kappa shape index (κ3) is 3.65. The summed E-state index contributed by atoms with van der Waals surface area (Å²) in [7, 11) is -3.86. The fraction of sp³-hybridized carbons (Fsp3) is 0.0526. The zero-order valence-electron chi connectivity index (χ0n) is 14.4. The molecule has 9 heteroatoms. The molecule has 0 unspecified atom stereocenters. The first-order valence-electron chi connectivity index (χ1n) is 8.34. The molecule has 4 rings (SSSR count). The van der Waals surface area contributed by atoms with Crippen molar-refractivity contribution < 1.29 is 17.6 Å². The summed E-state index contributed by atoms with van der Waals surface area (Å²) in [5.74, 6) is -0.456. The van der Waals surface area contributed by atoms with E-state index in [1.807, 2.05) is 0 Å². The van der Waals surface area contributed by atoms with Gasteiger partial charge in [-0.3, -0.25) is 9.52 Å². The average Bonchev–Trinajstić information content (AvgIpc) is 3.04. The number of anilines is 4. The number of sulfonamides is 1. The van der Waals surface area contributed by atoms with Crippen LogP contribution in [-0.4, -0.2) is 19.3 Å². The monoisotopic (exact) mass is 398 g/mol. The van der Waals surface area contributed by atoms with E-state index in [1.165, 1.54) is 30.5 Å². The Labute approximate surface area is 160 Å². The zero-order valence-corrected chi connectivity index (χ0v) is 15.3. The number of carbonyl (C=O) groups is 1. The second-order valence-electron chi connectivity index (χ2n) is 6.19. The molecule has 0 saturated carbocycles. The topological polar surface area (TPSA) is 100 Å². The number of hydrogen-bond acceptors (Lipinski definition) is 5. The van der Waals surface area contributed by atoms with E-state index < -0.39 is 15.8 Å². The van der Waals surface area contributed by atoms with Gasteiger partial charge in [0.25, 0.3) is 10.0 Å². The lowest BCUT2D eigenvalue weighted by Gasteiger charge is -2.10. The first-order chi connectivity index (χ1) is 13.4. The lowest BCUT2D eigenvalue weighted by atomic mass is 10.2. The Hall–Kier alpha value is -3.46. The van der Waals surface area contributed by atoms with Crippen LogP contribution < -0.4 is 15.4 Å². The van der Waals surface area contributed by atoms with Crippen LogP contribution in [0.15, 0.2) is 65.7 Å². The van der Waals surface area contributed by atoms with E-state index in [2.05, 4.69) is 20.3 Å². The summed E-state index contributed by atoms with van der Waals surface area (Å²) < 4.78 is 41.2. The van der Waals surface area contributed by atoms with E-state index >= 15 is 0 Å². The zero-order chi connectivity index (χ0) is 19.7. The third-order valence-electron chi connectivity index (χ3n) is 4.17. The third-order valence-corrected chi connectivity index (χ3v) is 5.52. The minimum absolute atomic E-state index is 0.0399. The fourth-order valence-electron chi connectivity index (χ4n) is 2.82. The minimum atomic E-state index is -3.86. The van der Waals surface area contributed by atoms with Crippen LogP contribution >= 0.6 is 0 Å². The molecule has 2 aromatic carbocycles. The number of hydrogen-bond donors (Lipinski definition) is 3. The Morgan fingerprint density at radius 3 is 2.64 bits per heavy atom. The first-order valence-corrected chi connectivity index (χ1v) is 9.82. The van der Waals surface area contributed by atoms with Gasteiger partial charge in [-0.25, -0.2) is 17.8 Å². The van der Waals surface area contributed by atoms with Gasteiger partial charge in [-0.15, -0.1) is 0 Å². The van der Waals surface area contributed by atoms with Crippen molar-refractivity contribution >= 4 is 38.8 Å². The Morgan fingerprint density at radius 2 is 1.89 bits per heavy atom. The van der Waals surface area contributed by atoms with Gasteiger partial charge in [0.15, 0.2) is 0 Å². The second kappa shape index (κ2) is 6.93. The van der Waals surface area contributed by atoms with Crippen molar-refractivity contribution in [2.45, 2.75) is 11.3 Å². The van der Waals surface area contributed by atoms with Gasteiger partial charge in [0, 0.05) is 5.69 Å². The molecular formula is C19H15FN4O3S. The smallest absolute Gasteiger partial charge is 0.263 e. The molecular weight excluding hydrogens is 383 g/mol. The molecule has 0 atom stereocenters. The van der Waals surface area contributed by atoms with E-state index in [4.69, 9.17) is 0 Å². The maximum atomic E-state index is 13.7. The summed E-state index contributed by atoms with van der Waals surface area (Å²) in [6, 6.07) is 13.7. The molecule has 2 heterocycles. The van der Waals surface area contributed by atoms with Crippen molar-refractivity contribution in [3.05, 3.63) is 72.2 Å². The van der Waals surface area contributed by atoms with Crippen molar-refractivity contribution in [3.8, 4) is 0 Å². The highest BCUT2D eigenvalue weighted by Crippen LogP contribution is 2.27. The van der Waals surface area contributed by atoms with E-state index in [-0.39, 0.29) is 23.0 Å². The standard InChI is InChI=1S/C19H15FN4O3S/c20-15-3-1-2-4-17(15)22-13-5-8-18(21-11-13)24-28(26,27)14-6-7-16-12(9-14)10-19(25)23-16/h1-9,11,22H,10H2,(H,21,24)(H,23,25). The quantitative estimate of drug-likeness (QED) is 0.613. The van der Waals surface area contributed by atoms with Gasteiger partial charge >= 0.3 is 0 Å². The molecule has 1 amide bonds. The molecule has 1 aliphatic heterocycles. The van der Waals surface area contributed by atoms with Gasteiger partial charge in [-0.05, 0) is 48.0 Å². The average molecular weight is 398 g/mol. The molecule has 0 aliphatic carbocycles. The second-order valence-corrected chi connectivity index (χ2v) is 7.87. The number of fused-ring (bicyclic) bond motifs is 1. The minimum Gasteiger partial charge on any atom is -0.352 e. The van der Waals surface area contributed by atoms with Crippen LogP contribution in [0.4, 0.5) is 27.3 Å². The molecule has 1 aromatic heterocycles. The van der Waals surface area contributed by atoms with Crippen LogP contribution in [0.2, 0.25) is 0 Å². The van der Waals surface area contributed by atoms with Crippen LogP contribution in [-0.2, 0) is 21.2 Å². The lowest BCUT2D eigenvalue weighted by Crippen LogP contribution is -2.14. The van der Waals surface area contributed by atoms with Crippen molar-refractivity contribution in [1.29, 1.82) is 0 Å². The molecule has 0 fully saturated rings. The summed E-state index contributed by atoms with van der Waals surface area (Å²) >= 11 is 0. The number of benzene rings is 2. The first kappa shape index (κ1) is 17.9. The number of rotatable bonds is 5. The maximum Gasteiger partial charge on any atom is 0.263 e. The summed E-state index contributed by atoms with van der Waals surface area (Å²) in [6.07, 6.45) is 1.54. The predicted molar refractivity (Wildman–Crippen MR) is 104 cm³/mol. The van der Waals surface area contributed by atoms with E-state index in [1.54, 1.807) is 30.3 Å². The number of para-hydroxylation sites is 1. The van der Waals surface area contributed by atoms with Crippen molar-refractivity contribution in [2.24, 2.45) is 0 Å². The van der Waals surface area contributed by atoms with Gasteiger partial charge in [-0.2, -0.15) is 0 Å². The number of pyridine rings is 1. The van der Waals surface area contributed by atoms with Gasteiger partial charge < -0.3 is 10.6 Å². The molecule has 28 heavy (non-hydrogen) atoms. The van der Waals surface area contributed by atoms with Crippen LogP contribution in [0.3, 0.4) is 0 Å². The number of nitrogens with zero attached hydrogens (tertiary/aromatic N) is 1. The van der Waals surface area contributed by atoms with Gasteiger partial charge in [0.2, 0.25) is 5.91 Å². The van der Waals surface area contributed by atoms with Gasteiger partial charge in [0.05, 0.1) is 28.9 Å². The number of aromatic nitrogens is 1. The molecule has 0 spiro atoms. The van der Waals surface area contributed by atoms with E-state index in [9.17, 15) is 17.6 Å². The summed E-state index contributed by atoms with van der Waals surface area (Å²) in [5, 5.41) is 5.53. The molecule has 0 bridgehead atoms. The summed E-state index contributed by atoms with van der Waals surface area (Å²) in [5.41, 5.74) is 2.05. The molecule has 142 valence electrons. The Bertz CT molecular complexity index is 1160. The van der Waals surface area contributed by atoms with Crippen LogP contribution in [0.25, 0.3) is 0 Å². The normalized spacial score (nSPS) is 13.0. The summed E-state index contributed by atoms with van der Waals surface area (Å²) in [6.45, 7) is 0. The van der Waals surface area contributed by atoms with Crippen molar-refractivity contribution in [3.63, 3.8) is 0 Å². The van der Waals surface area contributed by atoms with Gasteiger partial charge in [0.1, 0.15) is 11.6 Å². The number of amides is 1. The number of carbonyl (C=O) groups excluding carboxylic acids is 1. The Kier molecular flexibility index (Phi) is 4.44. The largest absolute Gasteiger partial charge is 0.352 e. The highest BCUT2D eigenvalue weighted by molar-refractivity contribution is 7.92.